The van der Waals surface area contributed by atoms with Crippen molar-refractivity contribution in [3.8, 4) is 12.3 Å². The van der Waals surface area contributed by atoms with E-state index in [4.69, 9.17) is 11.2 Å². The van der Waals surface area contributed by atoms with E-state index >= 15 is 0 Å². The summed E-state index contributed by atoms with van der Waals surface area (Å²) in [7, 11) is 0. The van der Waals surface area contributed by atoms with Crippen LogP contribution in [0.3, 0.4) is 0 Å². The summed E-state index contributed by atoms with van der Waals surface area (Å²) < 4.78 is 6.86. The molecule has 0 spiro atoms. The lowest BCUT2D eigenvalue weighted by molar-refractivity contribution is -0.0197. The van der Waals surface area contributed by atoms with E-state index in [1.807, 2.05) is 72.1 Å². The molecule has 0 aliphatic carbocycles. The molecular weight excluding hydrogens is 360 g/mol. The minimum absolute atomic E-state index is 0.458. The van der Waals surface area contributed by atoms with Crippen molar-refractivity contribution in [1.82, 2.24) is 0 Å². The quantitative estimate of drug-likeness (QED) is 0.277. The lowest BCUT2D eigenvalue weighted by Crippen LogP contribution is -2.34. The van der Waals surface area contributed by atoms with Gasteiger partial charge in [0.25, 0.3) is 0 Å². The van der Waals surface area contributed by atoms with Crippen LogP contribution in [0, 0.1) is 12.3 Å². The summed E-state index contributed by atoms with van der Waals surface area (Å²) in [6.45, 7) is 0. The molecule has 0 amide bonds. The minimum Gasteiger partial charge on any atom is -0.339 e. The fourth-order valence-corrected chi connectivity index (χ4v) is 4.23. The highest BCUT2D eigenvalue weighted by molar-refractivity contribution is 7.10. The summed E-state index contributed by atoms with van der Waals surface area (Å²) >= 11 is 1.61. The molecule has 0 aliphatic rings. The van der Waals surface area contributed by atoms with Crippen molar-refractivity contribution in [3.05, 3.63) is 130 Å². The monoisotopic (exact) mass is 380 g/mol. The van der Waals surface area contributed by atoms with Gasteiger partial charge >= 0.3 is 0 Å². The summed E-state index contributed by atoms with van der Waals surface area (Å²) in [5.41, 5.74) is 2.32. The second-order valence-corrected chi connectivity index (χ2v) is 7.44. The van der Waals surface area contributed by atoms with Gasteiger partial charge < -0.3 is 4.74 Å². The molecule has 1 heterocycles. The smallest absolute Gasteiger partial charge is 0.154 e. The summed E-state index contributed by atoms with van der Waals surface area (Å²) in [5, 5.41) is 2.03. The van der Waals surface area contributed by atoms with E-state index in [1.54, 1.807) is 11.3 Å². The first kappa shape index (κ1) is 18.3. The van der Waals surface area contributed by atoms with Crippen molar-refractivity contribution in [2.45, 2.75) is 11.7 Å². The zero-order valence-corrected chi connectivity index (χ0v) is 16.2. The Kier molecular flexibility index (Phi) is 5.39. The molecule has 0 aliphatic heterocycles. The Bertz CT molecular complexity index is 935. The maximum absolute atomic E-state index is 6.86. The Morgan fingerprint density at radius 1 is 0.679 bits per heavy atom. The molecule has 3 aromatic carbocycles. The molecule has 0 fully saturated rings. The number of terminal acetylenes is 1. The first-order chi connectivity index (χ1) is 13.8. The average molecular weight is 381 g/mol. The average Bonchev–Trinajstić information content (AvgIpc) is 3.31. The number of rotatable bonds is 6. The van der Waals surface area contributed by atoms with Gasteiger partial charge in [-0.05, 0) is 28.1 Å². The number of benzene rings is 3. The molecule has 1 aromatic heterocycles. The Hall–Kier alpha value is -3.12. The Labute approximate surface area is 170 Å². The molecule has 28 heavy (non-hydrogen) atoms. The highest BCUT2D eigenvalue weighted by Crippen LogP contribution is 2.44. The van der Waals surface area contributed by atoms with Gasteiger partial charge in [-0.3, -0.25) is 0 Å². The summed E-state index contributed by atoms with van der Waals surface area (Å²) in [5.74, 6) is 2.86. The molecule has 0 radical (unpaired) electrons. The number of ether oxygens (including phenoxy) is 1. The van der Waals surface area contributed by atoms with Crippen molar-refractivity contribution < 1.29 is 4.74 Å². The second kappa shape index (κ2) is 8.27. The van der Waals surface area contributed by atoms with Gasteiger partial charge in [0.1, 0.15) is 5.60 Å². The van der Waals surface area contributed by atoms with E-state index < -0.39 is 11.7 Å². The number of hydrogen-bond donors (Lipinski definition) is 0. The van der Waals surface area contributed by atoms with Crippen LogP contribution in [-0.2, 0) is 10.3 Å². The zero-order chi connectivity index (χ0) is 19.2. The van der Waals surface area contributed by atoms with Gasteiger partial charge in [-0.1, -0.05) is 103 Å². The molecule has 0 bridgehead atoms. The fraction of sp³-hybridized carbons (Fsp3) is 0.0769. The molecule has 1 nitrogen and oxygen atoms in total. The van der Waals surface area contributed by atoms with Crippen molar-refractivity contribution in [3.63, 3.8) is 0 Å². The third kappa shape index (κ3) is 3.39. The third-order valence-electron chi connectivity index (χ3n) is 4.79. The minimum atomic E-state index is -0.815. The van der Waals surface area contributed by atoms with E-state index in [0.29, 0.717) is 0 Å². The van der Waals surface area contributed by atoms with Crippen LogP contribution in [0.1, 0.15) is 27.7 Å². The van der Waals surface area contributed by atoms with Gasteiger partial charge in [0.05, 0.1) is 0 Å². The topological polar surface area (TPSA) is 9.23 Å². The van der Waals surface area contributed by atoms with Crippen LogP contribution < -0.4 is 0 Å². The van der Waals surface area contributed by atoms with Gasteiger partial charge in [0, 0.05) is 4.88 Å². The highest BCUT2D eigenvalue weighted by Gasteiger charge is 2.40. The van der Waals surface area contributed by atoms with E-state index in [-0.39, 0.29) is 0 Å². The normalized spacial score (nSPS) is 12.2. The highest BCUT2D eigenvalue weighted by atomic mass is 32.1. The van der Waals surface area contributed by atoms with Crippen LogP contribution >= 0.6 is 11.3 Å². The summed E-state index contributed by atoms with van der Waals surface area (Å²) in [6, 6.07) is 34.9. The molecule has 1 atom stereocenters. The predicted molar refractivity (Wildman–Crippen MR) is 116 cm³/mol. The SMILES string of the molecule is C#CC(OC(c1ccccc1)(c1ccccc1)c1ccccc1)c1cccs1. The van der Waals surface area contributed by atoms with Crippen molar-refractivity contribution in [1.29, 1.82) is 0 Å². The van der Waals surface area contributed by atoms with Gasteiger partial charge in [0.2, 0.25) is 0 Å². The zero-order valence-electron chi connectivity index (χ0n) is 15.4. The van der Waals surface area contributed by atoms with Gasteiger partial charge in [-0.25, -0.2) is 0 Å². The first-order valence-electron chi connectivity index (χ1n) is 9.18. The maximum atomic E-state index is 6.86. The van der Waals surface area contributed by atoms with Crippen LogP contribution in [0.5, 0.6) is 0 Å². The first-order valence-corrected chi connectivity index (χ1v) is 10.1. The van der Waals surface area contributed by atoms with Gasteiger partial charge in [-0.15, -0.1) is 17.8 Å². The van der Waals surface area contributed by atoms with Crippen molar-refractivity contribution in [2.24, 2.45) is 0 Å². The molecule has 0 N–H and O–H groups in total. The standard InChI is InChI=1S/C26H20OS/c1-2-24(25-19-12-20-28-25)27-26(21-13-6-3-7-14-21,22-15-8-4-9-16-22)23-17-10-5-11-18-23/h1,3-20,24H. The van der Waals surface area contributed by atoms with Crippen LogP contribution in [0.4, 0.5) is 0 Å². The van der Waals surface area contributed by atoms with E-state index in [2.05, 4.69) is 42.3 Å². The molecule has 4 rings (SSSR count). The fourth-order valence-electron chi connectivity index (χ4n) is 3.51. The molecule has 4 aromatic rings. The van der Waals surface area contributed by atoms with E-state index in [0.717, 1.165) is 21.6 Å². The molecular formula is C26H20OS. The molecule has 2 heteroatoms. The lowest BCUT2D eigenvalue weighted by atomic mass is 9.80. The van der Waals surface area contributed by atoms with Gasteiger partial charge in [0.15, 0.2) is 6.10 Å². The molecule has 0 saturated heterocycles. The Balaban J connectivity index is 1.97. The van der Waals surface area contributed by atoms with Crippen molar-refractivity contribution >= 4 is 11.3 Å². The van der Waals surface area contributed by atoms with E-state index in [1.165, 1.54) is 0 Å². The summed E-state index contributed by atoms with van der Waals surface area (Å²) in [4.78, 5) is 1.02. The third-order valence-corrected chi connectivity index (χ3v) is 5.70. The van der Waals surface area contributed by atoms with Crippen LogP contribution in [0.25, 0.3) is 0 Å². The molecule has 136 valence electrons. The molecule has 0 saturated carbocycles. The predicted octanol–water partition coefficient (Wildman–Crippen LogP) is 6.43. The van der Waals surface area contributed by atoms with Crippen LogP contribution in [0.15, 0.2) is 109 Å². The van der Waals surface area contributed by atoms with Crippen LogP contribution in [0.2, 0.25) is 0 Å². The Morgan fingerprint density at radius 3 is 1.50 bits per heavy atom. The van der Waals surface area contributed by atoms with Gasteiger partial charge in [-0.2, -0.15) is 0 Å². The molecule has 1 unspecified atom stereocenters. The summed E-state index contributed by atoms with van der Waals surface area (Å²) in [6.07, 6.45) is 5.48. The lowest BCUT2D eigenvalue weighted by Gasteiger charge is -2.37. The number of thiophene rings is 1. The number of hydrogen-bond acceptors (Lipinski definition) is 2. The largest absolute Gasteiger partial charge is 0.339 e. The Morgan fingerprint density at radius 2 is 1.14 bits per heavy atom. The maximum Gasteiger partial charge on any atom is 0.154 e. The second-order valence-electron chi connectivity index (χ2n) is 6.46. The van der Waals surface area contributed by atoms with E-state index in [9.17, 15) is 0 Å². The van der Waals surface area contributed by atoms with Crippen LogP contribution in [-0.4, -0.2) is 0 Å². The van der Waals surface area contributed by atoms with Crippen molar-refractivity contribution in [2.75, 3.05) is 0 Å².